The smallest absolute Gasteiger partial charge is 0.255 e. The third kappa shape index (κ3) is 3.46. The lowest BCUT2D eigenvalue weighted by molar-refractivity contribution is 0.0786. The fourth-order valence-corrected chi connectivity index (χ4v) is 3.20. The van der Waals surface area contributed by atoms with Crippen LogP contribution in [0.1, 0.15) is 15.2 Å². The molecule has 2 rings (SSSR count). The van der Waals surface area contributed by atoms with E-state index in [0.717, 1.165) is 9.35 Å². The molecular weight excluding hydrogens is 350 g/mol. The summed E-state index contributed by atoms with van der Waals surface area (Å²) in [6.07, 6.45) is 1.43. The minimum absolute atomic E-state index is 0.140. The standard InChI is InChI=1S/C12H11BrClN3OS/c1-17(5-9-3-8(13)6-19-9)12(18)7-2-10(14)11(15)16-4-7/h2-4,6H,5H2,1H3,(H2,15,16). The number of hydrogen-bond acceptors (Lipinski definition) is 4. The summed E-state index contributed by atoms with van der Waals surface area (Å²) in [7, 11) is 1.74. The number of rotatable bonds is 3. The van der Waals surface area contributed by atoms with Gasteiger partial charge in [-0.15, -0.1) is 11.3 Å². The first-order valence-electron chi connectivity index (χ1n) is 5.37. The van der Waals surface area contributed by atoms with E-state index in [4.69, 9.17) is 17.3 Å². The summed E-state index contributed by atoms with van der Waals surface area (Å²) in [4.78, 5) is 18.8. The number of nitrogens with zero attached hydrogens (tertiary/aromatic N) is 2. The van der Waals surface area contributed by atoms with E-state index in [-0.39, 0.29) is 16.7 Å². The van der Waals surface area contributed by atoms with Crippen LogP contribution in [0, 0.1) is 0 Å². The number of thiophene rings is 1. The average Bonchev–Trinajstić information content (AvgIpc) is 2.77. The van der Waals surface area contributed by atoms with Crippen LogP contribution in [0.15, 0.2) is 28.2 Å². The average molecular weight is 361 g/mol. The van der Waals surface area contributed by atoms with Gasteiger partial charge in [-0.2, -0.15) is 0 Å². The van der Waals surface area contributed by atoms with Crippen molar-refractivity contribution in [3.05, 3.63) is 43.6 Å². The summed E-state index contributed by atoms with van der Waals surface area (Å²) in [6, 6.07) is 3.52. The maximum atomic E-state index is 12.2. The summed E-state index contributed by atoms with van der Waals surface area (Å²) in [5, 5.41) is 2.27. The molecule has 100 valence electrons. The first kappa shape index (κ1) is 14.3. The number of nitrogens with two attached hydrogens (primary N) is 1. The molecule has 0 aliphatic carbocycles. The van der Waals surface area contributed by atoms with Crippen molar-refractivity contribution in [3.8, 4) is 0 Å². The highest BCUT2D eigenvalue weighted by Gasteiger charge is 2.14. The second kappa shape index (κ2) is 5.90. The van der Waals surface area contributed by atoms with Crippen LogP contribution < -0.4 is 5.73 Å². The van der Waals surface area contributed by atoms with E-state index in [1.165, 1.54) is 12.3 Å². The lowest BCUT2D eigenvalue weighted by atomic mass is 10.2. The van der Waals surface area contributed by atoms with Gasteiger partial charge in [0.05, 0.1) is 17.1 Å². The predicted molar refractivity (Wildman–Crippen MR) is 81.5 cm³/mol. The van der Waals surface area contributed by atoms with Crippen molar-refractivity contribution in [2.45, 2.75) is 6.54 Å². The van der Waals surface area contributed by atoms with Crippen LogP contribution in [-0.4, -0.2) is 22.8 Å². The molecule has 0 aromatic carbocycles. The van der Waals surface area contributed by atoms with Gasteiger partial charge in [0.25, 0.3) is 5.91 Å². The summed E-state index contributed by atoms with van der Waals surface area (Å²) in [5.41, 5.74) is 5.95. The maximum absolute atomic E-state index is 12.2. The Morgan fingerprint density at radius 1 is 1.58 bits per heavy atom. The van der Waals surface area contributed by atoms with Gasteiger partial charge in [-0.05, 0) is 28.1 Å². The zero-order valence-corrected chi connectivity index (χ0v) is 13.2. The van der Waals surface area contributed by atoms with Crippen molar-refractivity contribution in [2.75, 3.05) is 12.8 Å². The van der Waals surface area contributed by atoms with E-state index in [1.807, 2.05) is 11.4 Å². The largest absolute Gasteiger partial charge is 0.382 e. The van der Waals surface area contributed by atoms with Crippen molar-refractivity contribution < 1.29 is 4.79 Å². The molecule has 0 atom stereocenters. The van der Waals surface area contributed by atoms with E-state index in [9.17, 15) is 4.79 Å². The van der Waals surface area contributed by atoms with Crippen molar-refractivity contribution in [1.82, 2.24) is 9.88 Å². The van der Waals surface area contributed by atoms with Crippen LogP contribution in [0.2, 0.25) is 5.02 Å². The Morgan fingerprint density at radius 3 is 2.89 bits per heavy atom. The normalized spacial score (nSPS) is 10.5. The number of carbonyl (C=O) groups is 1. The highest BCUT2D eigenvalue weighted by atomic mass is 79.9. The Labute approximate surface area is 128 Å². The molecule has 0 saturated heterocycles. The number of carbonyl (C=O) groups excluding carboxylic acids is 1. The van der Waals surface area contributed by atoms with E-state index >= 15 is 0 Å². The number of nitrogen functional groups attached to an aromatic ring is 1. The van der Waals surface area contributed by atoms with E-state index in [2.05, 4.69) is 20.9 Å². The number of hydrogen-bond donors (Lipinski definition) is 1. The van der Waals surface area contributed by atoms with Crippen molar-refractivity contribution in [3.63, 3.8) is 0 Å². The first-order chi connectivity index (χ1) is 8.97. The molecule has 7 heteroatoms. The second-order valence-corrected chi connectivity index (χ2v) is 6.30. The molecule has 1 amide bonds. The second-order valence-electron chi connectivity index (χ2n) is 3.98. The van der Waals surface area contributed by atoms with Gasteiger partial charge in [0, 0.05) is 28.0 Å². The summed E-state index contributed by atoms with van der Waals surface area (Å²) < 4.78 is 1.02. The molecule has 4 nitrogen and oxygen atoms in total. The van der Waals surface area contributed by atoms with Crippen molar-refractivity contribution >= 4 is 50.6 Å². The molecule has 0 fully saturated rings. The molecule has 2 heterocycles. The number of aromatic nitrogens is 1. The summed E-state index contributed by atoms with van der Waals surface area (Å²) >= 11 is 10.8. The highest BCUT2D eigenvalue weighted by molar-refractivity contribution is 9.10. The zero-order chi connectivity index (χ0) is 14.0. The molecule has 0 aliphatic heterocycles. The van der Waals surface area contributed by atoms with Crippen LogP contribution >= 0.6 is 38.9 Å². The van der Waals surface area contributed by atoms with Crippen LogP contribution in [0.4, 0.5) is 5.82 Å². The van der Waals surface area contributed by atoms with Crippen LogP contribution in [-0.2, 0) is 6.54 Å². The SMILES string of the molecule is CN(Cc1cc(Br)cs1)C(=O)c1cnc(N)c(Cl)c1. The van der Waals surface area contributed by atoms with Gasteiger partial charge >= 0.3 is 0 Å². The van der Waals surface area contributed by atoms with Gasteiger partial charge in [-0.3, -0.25) is 4.79 Å². The molecule has 0 unspecified atom stereocenters. The Balaban J connectivity index is 2.12. The fraction of sp³-hybridized carbons (Fsp3) is 0.167. The van der Waals surface area contributed by atoms with Gasteiger partial charge in [0.2, 0.25) is 0 Å². The molecule has 0 aliphatic rings. The number of amides is 1. The van der Waals surface area contributed by atoms with Crippen LogP contribution in [0.3, 0.4) is 0 Å². The molecule has 2 N–H and O–H groups in total. The van der Waals surface area contributed by atoms with Gasteiger partial charge < -0.3 is 10.6 Å². The summed E-state index contributed by atoms with van der Waals surface area (Å²) in [5.74, 6) is 0.0852. The maximum Gasteiger partial charge on any atom is 0.255 e. The molecule has 0 radical (unpaired) electrons. The molecule has 19 heavy (non-hydrogen) atoms. The third-order valence-electron chi connectivity index (χ3n) is 2.48. The highest BCUT2D eigenvalue weighted by Crippen LogP contribution is 2.22. The lowest BCUT2D eigenvalue weighted by Crippen LogP contribution is -2.26. The fourth-order valence-electron chi connectivity index (χ4n) is 1.53. The Morgan fingerprint density at radius 2 is 2.32 bits per heavy atom. The third-order valence-corrected chi connectivity index (χ3v) is 4.46. The Bertz CT molecular complexity index is 617. The predicted octanol–water partition coefficient (Wildman–Crippen LogP) is 3.41. The lowest BCUT2D eigenvalue weighted by Gasteiger charge is -2.16. The van der Waals surface area contributed by atoms with Crippen molar-refractivity contribution in [2.24, 2.45) is 0 Å². The van der Waals surface area contributed by atoms with Gasteiger partial charge in [-0.1, -0.05) is 11.6 Å². The van der Waals surface area contributed by atoms with Gasteiger partial charge in [0.1, 0.15) is 5.82 Å². The molecular formula is C12H11BrClN3OS. The first-order valence-corrected chi connectivity index (χ1v) is 7.42. The number of halogens is 2. The molecule has 0 saturated carbocycles. The van der Waals surface area contributed by atoms with Crippen molar-refractivity contribution in [1.29, 1.82) is 0 Å². The molecule has 0 bridgehead atoms. The Kier molecular flexibility index (Phi) is 4.44. The topological polar surface area (TPSA) is 59.2 Å². The van der Waals surface area contributed by atoms with Gasteiger partial charge in [-0.25, -0.2) is 4.98 Å². The quantitative estimate of drug-likeness (QED) is 0.912. The molecule has 0 spiro atoms. The van der Waals surface area contributed by atoms with Crippen LogP contribution in [0.5, 0.6) is 0 Å². The minimum atomic E-state index is -0.140. The van der Waals surface area contributed by atoms with Gasteiger partial charge in [0.15, 0.2) is 0 Å². The van der Waals surface area contributed by atoms with E-state index in [1.54, 1.807) is 23.3 Å². The molecule has 2 aromatic heterocycles. The van der Waals surface area contributed by atoms with Crippen LogP contribution in [0.25, 0.3) is 0 Å². The number of pyridine rings is 1. The van der Waals surface area contributed by atoms with E-state index in [0.29, 0.717) is 12.1 Å². The monoisotopic (exact) mass is 359 g/mol. The number of anilines is 1. The van der Waals surface area contributed by atoms with E-state index < -0.39 is 0 Å². The molecule has 2 aromatic rings. The zero-order valence-electron chi connectivity index (χ0n) is 10.1. The minimum Gasteiger partial charge on any atom is -0.382 e. The summed E-state index contributed by atoms with van der Waals surface area (Å²) in [6.45, 7) is 0.539. The Hall–Kier alpha value is -1.11.